The molecule has 0 saturated carbocycles. The van der Waals surface area contributed by atoms with Crippen LogP contribution in [0, 0.1) is 0 Å². The highest BCUT2D eigenvalue weighted by Gasteiger charge is 1.62. The van der Waals surface area contributed by atoms with Crippen LogP contribution < -0.4 is 0 Å². The second-order valence-electron chi connectivity index (χ2n) is 0.994. The van der Waals surface area contributed by atoms with Gasteiger partial charge in [-0.3, -0.25) is 8.42 Å². The predicted octanol–water partition coefficient (Wildman–Crippen LogP) is -0.619. The fraction of sp³-hybridized carbons (Fsp3) is 1.00. The topological polar surface area (TPSA) is 80.3 Å². The van der Waals surface area contributed by atoms with E-state index in [0.717, 1.165) is 6.26 Å². The van der Waals surface area contributed by atoms with Gasteiger partial charge in [0.05, 0.1) is 0 Å². The molecule has 0 rings (SSSR count). The molecule has 0 heterocycles. The Morgan fingerprint density at radius 3 is 1.44 bits per heavy atom. The Balaban J connectivity index is 0. The summed E-state index contributed by atoms with van der Waals surface area (Å²) in [4.78, 5) is 0. The predicted molar refractivity (Wildman–Crippen MR) is 34.3 cm³/mol. The van der Waals surface area contributed by atoms with Crippen molar-refractivity contribution in [1.29, 1.82) is 0 Å². The van der Waals surface area contributed by atoms with E-state index >= 15 is 0 Å². The van der Waals surface area contributed by atoms with E-state index in [1.165, 1.54) is 0 Å². The van der Waals surface area contributed by atoms with E-state index in [-0.39, 0.29) is 5.75 Å². The van der Waals surface area contributed by atoms with Gasteiger partial charge in [-0.25, -0.2) is 0 Å². The average molecular weight is 172 g/mol. The molecule has 4 nitrogen and oxygen atoms in total. The molecule has 2 atom stereocenters. The molecule has 0 aliphatic rings. The lowest BCUT2D eigenvalue weighted by Crippen LogP contribution is -1.85. The van der Waals surface area contributed by atoms with Gasteiger partial charge < -0.3 is 9.11 Å². The van der Waals surface area contributed by atoms with Gasteiger partial charge >= 0.3 is 0 Å². The van der Waals surface area contributed by atoms with Gasteiger partial charge in [0, 0.05) is 5.75 Å². The lowest BCUT2D eigenvalue weighted by atomic mass is 11.0. The van der Waals surface area contributed by atoms with E-state index in [4.69, 9.17) is 8.76 Å². The first kappa shape index (κ1) is 12.0. The third-order valence-electron chi connectivity index (χ3n) is 0.236. The molecule has 0 amide bonds. The Labute approximate surface area is 59.2 Å². The van der Waals surface area contributed by atoms with Gasteiger partial charge in [0.1, 0.15) is 0 Å². The zero-order chi connectivity index (χ0) is 7.86. The smallest absolute Gasteiger partial charge is 0.00731 e. The largest absolute Gasteiger partial charge is 0.773 e. The molecule has 9 heavy (non-hydrogen) atoms. The van der Waals surface area contributed by atoms with Gasteiger partial charge in [-0.15, -0.1) is 0 Å². The van der Waals surface area contributed by atoms with Gasteiger partial charge in [0.2, 0.25) is 0 Å². The lowest BCUT2D eigenvalue weighted by molar-refractivity contribution is 0.538. The Morgan fingerprint density at radius 2 is 1.44 bits per heavy atom. The number of hydrogen-bond acceptors (Lipinski definition) is 4. The van der Waals surface area contributed by atoms with Crippen molar-refractivity contribution < 1.29 is 17.5 Å². The van der Waals surface area contributed by atoms with Crippen molar-refractivity contribution >= 4 is 22.2 Å². The summed E-state index contributed by atoms with van der Waals surface area (Å²) in [6, 6.07) is 0. The van der Waals surface area contributed by atoms with Crippen molar-refractivity contribution in [2.24, 2.45) is 0 Å². The zero-order valence-electron chi connectivity index (χ0n) is 5.16. The quantitative estimate of drug-likeness (QED) is 0.494. The molecule has 0 saturated heterocycles. The van der Waals surface area contributed by atoms with Gasteiger partial charge in [0.15, 0.2) is 0 Å². The molecular weight excluding hydrogens is 164 g/mol. The van der Waals surface area contributed by atoms with Crippen LogP contribution in [0.15, 0.2) is 0 Å². The zero-order valence-corrected chi connectivity index (χ0v) is 6.79. The molecule has 2 unspecified atom stereocenters. The van der Waals surface area contributed by atoms with Gasteiger partial charge in [-0.05, 0) is 6.26 Å². The second kappa shape index (κ2) is 8.22. The van der Waals surface area contributed by atoms with Crippen LogP contribution in [0.4, 0.5) is 0 Å². The number of hydrogen-bond donors (Lipinski definition) is 0. The molecule has 6 heteroatoms. The Morgan fingerprint density at radius 1 is 1.33 bits per heavy atom. The summed E-state index contributed by atoms with van der Waals surface area (Å²) in [7, 11) is 0. The molecule has 0 spiro atoms. The van der Waals surface area contributed by atoms with Crippen LogP contribution in [0.2, 0.25) is 0 Å². The van der Waals surface area contributed by atoms with E-state index in [2.05, 4.69) is 0 Å². The first-order valence-corrected chi connectivity index (χ1v) is 4.80. The van der Waals surface area contributed by atoms with E-state index in [0.29, 0.717) is 0 Å². The highest BCUT2D eigenvalue weighted by molar-refractivity contribution is 7.79. The van der Waals surface area contributed by atoms with Crippen LogP contribution in [0.5, 0.6) is 0 Å². The summed E-state index contributed by atoms with van der Waals surface area (Å²) in [5.74, 6) is 0.222. The van der Waals surface area contributed by atoms with Crippen LogP contribution in [-0.4, -0.2) is 29.5 Å². The molecule has 0 N–H and O–H groups in total. The molecule has 58 valence electrons. The maximum atomic E-state index is 9.37. The standard InChI is InChI=1S/C2H6O2S.CH4O2S/c1-2-5(3)4;1-4(2)3/h2H2,1H3,(H,3,4);1H3,(H,2,3)/p-2. The summed E-state index contributed by atoms with van der Waals surface area (Å²) in [6.45, 7) is 1.59. The molecule has 0 bridgehead atoms. The first-order valence-electron chi connectivity index (χ1n) is 2.07. The maximum absolute atomic E-state index is 9.37. The lowest BCUT2D eigenvalue weighted by Gasteiger charge is -1.93. The van der Waals surface area contributed by atoms with Crippen LogP contribution >= 0.6 is 0 Å². The highest BCUT2D eigenvalue weighted by Crippen LogP contribution is 1.63. The summed E-state index contributed by atoms with van der Waals surface area (Å²) in [5.41, 5.74) is 0. The molecule has 0 aliphatic carbocycles. The molecular formula is C3H8O4S2-2. The minimum atomic E-state index is -1.86. The minimum absolute atomic E-state index is 0.222. The average Bonchev–Trinajstić information content (AvgIpc) is 1.65. The highest BCUT2D eigenvalue weighted by atomic mass is 32.2. The van der Waals surface area contributed by atoms with E-state index < -0.39 is 22.2 Å². The van der Waals surface area contributed by atoms with Gasteiger partial charge in [-0.1, -0.05) is 29.1 Å². The van der Waals surface area contributed by atoms with E-state index in [1.807, 2.05) is 0 Å². The fourth-order valence-corrected chi connectivity index (χ4v) is 0. The minimum Gasteiger partial charge on any atom is -0.773 e. The molecule has 0 aliphatic heterocycles. The fourth-order valence-electron chi connectivity index (χ4n) is 0. The normalized spacial score (nSPS) is 15.1. The summed E-state index contributed by atoms with van der Waals surface area (Å²) < 4.78 is 36.7. The van der Waals surface area contributed by atoms with Crippen molar-refractivity contribution in [3.05, 3.63) is 0 Å². The van der Waals surface area contributed by atoms with Crippen LogP contribution in [0.25, 0.3) is 0 Å². The maximum Gasteiger partial charge on any atom is 0.00731 e. The Kier molecular flexibility index (Phi) is 10.9. The SMILES string of the molecule is CCS(=O)[O-].CS(=O)[O-]. The molecule has 0 radical (unpaired) electrons. The summed E-state index contributed by atoms with van der Waals surface area (Å²) in [5, 5.41) is 0. The molecule has 0 fully saturated rings. The summed E-state index contributed by atoms with van der Waals surface area (Å²) in [6.07, 6.45) is 1.08. The third-order valence-corrected chi connectivity index (χ3v) is 0.707. The Bertz CT molecular complexity index is 98.0. The van der Waals surface area contributed by atoms with Gasteiger partial charge in [0.25, 0.3) is 0 Å². The van der Waals surface area contributed by atoms with Crippen LogP contribution in [-0.2, 0) is 22.2 Å². The van der Waals surface area contributed by atoms with E-state index in [1.54, 1.807) is 6.92 Å². The number of rotatable bonds is 1. The molecule has 0 aromatic heterocycles. The Hall–Kier alpha value is 0.220. The third kappa shape index (κ3) is 64.5. The van der Waals surface area contributed by atoms with Crippen LogP contribution in [0.1, 0.15) is 6.92 Å². The van der Waals surface area contributed by atoms with Crippen molar-refractivity contribution in [2.75, 3.05) is 12.0 Å². The van der Waals surface area contributed by atoms with Crippen molar-refractivity contribution in [2.45, 2.75) is 6.92 Å². The first-order chi connectivity index (χ1) is 4.00. The van der Waals surface area contributed by atoms with E-state index in [9.17, 15) is 8.76 Å². The van der Waals surface area contributed by atoms with Crippen molar-refractivity contribution in [3.8, 4) is 0 Å². The molecule has 0 aromatic rings. The van der Waals surface area contributed by atoms with Crippen LogP contribution in [0.3, 0.4) is 0 Å². The molecule has 0 aromatic carbocycles. The van der Waals surface area contributed by atoms with Crippen molar-refractivity contribution in [1.82, 2.24) is 0 Å². The van der Waals surface area contributed by atoms with Gasteiger partial charge in [-0.2, -0.15) is 0 Å². The second-order valence-corrected chi connectivity index (χ2v) is 2.98. The van der Waals surface area contributed by atoms with Crippen molar-refractivity contribution in [3.63, 3.8) is 0 Å². The monoisotopic (exact) mass is 172 g/mol. The summed E-state index contributed by atoms with van der Waals surface area (Å²) >= 11 is -3.68.